The quantitative estimate of drug-likeness (QED) is 0.758. The minimum absolute atomic E-state index is 0.0276. The van der Waals surface area contributed by atoms with E-state index >= 15 is 0 Å². The van der Waals surface area contributed by atoms with Gasteiger partial charge in [0.1, 0.15) is 12.4 Å². The number of hydrogen-bond acceptors (Lipinski definition) is 3. The number of anilines is 1. The third kappa shape index (κ3) is 5.18. The molecule has 1 N–H and O–H groups in total. The summed E-state index contributed by atoms with van der Waals surface area (Å²) in [6.45, 7) is 10.1. The smallest absolute Gasteiger partial charge is 0.245 e. The van der Waals surface area contributed by atoms with E-state index in [1.54, 1.807) is 21.7 Å². The molecule has 0 bridgehead atoms. The van der Waals surface area contributed by atoms with Gasteiger partial charge in [-0.05, 0) is 51.0 Å². The van der Waals surface area contributed by atoms with Crippen molar-refractivity contribution in [3.8, 4) is 5.69 Å². The topological polar surface area (TPSA) is 67.2 Å². The Hall–Kier alpha value is -2.34. The Labute approximate surface area is 177 Å². The summed E-state index contributed by atoms with van der Waals surface area (Å²) in [5.41, 5.74) is 1.48. The lowest BCUT2D eigenvalue weighted by atomic mass is 9.92. The summed E-state index contributed by atoms with van der Waals surface area (Å²) >= 11 is 6.01. The molecule has 3 rings (SSSR count). The van der Waals surface area contributed by atoms with Gasteiger partial charge in [0.2, 0.25) is 11.8 Å². The SMILES string of the molecule is CC(C)N(CC(=O)Nc1cc(C(C)(C)C)nn1-c1ccc(Cl)cc1)C(=O)C1CC1. The molecule has 2 amide bonds. The summed E-state index contributed by atoms with van der Waals surface area (Å²) in [5.74, 6) is 0.488. The minimum atomic E-state index is -0.233. The number of rotatable bonds is 6. The van der Waals surface area contributed by atoms with E-state index in [1.165, 1.54) is 0 Å². The van der Waals surface area contributed by atoms with Crippen molar-refractivity contribution in [2.24, 2.45) is 5.92 Å². The molecule has 1 aliphatic carbocycles. The van der Waals surface area contributed by atoms with Crippen molar-refractivity contribution in [2.75, 3.05) is 11.9 Å². The maximum absolute atomic E-state index is 12.8. The molecule has 0 radical (unpaired) electrons. The van der Waals surface area contributed by atoms with E-state index < -0.39 is 0 Å². The van der Waals surface area contributed by atoms with Crippen LogP contribution in [-0.2, 0) is 15.0 Å². The summed E-state index contributed by atoms with van der Waals surface area (Å²) < 4.78 is 1.71. The Morgan fingerprint density at radius 3 is 2.38 bits per heavy atom. The second kappa shape index (κ2) is 8.19. The molecule has 1 aromatic heterocycles. The summed E-state index contributed by atoms with van der Waals surface area (Å²) in [4.78, 5) is 27.0. The highest BCUT2D eigenvalue weighted by Crippen LogP contribution is 2.32. The van der Waals surface area contributed by atoms with E-state index in [9.17, 15) is 9.59 Å². The number of nitrogens with one attached hydrogen (secondary N) is 1. The highest BCUT2D eigenvalue weighted by molar-refractivity contribution is 6.30. The fourth-order valence-corrected chi connectivity index (χ4v) is 3.16. The van der Waals surface area contributed by atoms with Crippen LogP contribution in [0.3, 0.4) is 0 Å². The van der Waals surface area contributed by atoms with Gasteiger partial charge in [-0.25, -0.2) is 4.68 Å². The Morgan fingerprint density at radius 2 is 1.86 bits per heavy atom. The maximum atomic E-state index is 12.8. The van der Waals surface area contributed by atoms with Gasteiger partial charge in [0, 0.05) is 28.5 Å². The number of aromatic nitrogens is 2. The van der Waals surface area contributed by atoms with Gasteiger partial charge >= 0.3 is 0 Å². The van der Waals surface area contributed by atoms with Crippen molar-refractivity contribution < 1.29 is 9.59 Å². The second-order valence-electron chi connectivity index (χ2n) is 8.94. The van der Waals surface area contributed by atoms with E-state index in [0.29, 0.717) is 10.8 Å². The monoisotopic (exact) mass is 416 g/mol. The van der Waals surface area contributed by atoms with Gasteiger partial charge in [-0.1, -0.05) is 32.4 Å². The normalized spacial score (nSPS) is 14.2. The molecule has 29 heavy (non-hydrogen) atoms. The first-order chi connectivity index (χ1) is 13.6. The van der Waals surface area contributed by atoms with E-state index in [2.05, 4.69) is 26.1 Å². The molecule has 0 saturated heterocycles. The van der Waals surface area contributed by atoms with Crippen molar-refractivity contribution in [1.29, 1.82) is 0 Å². The molecule has 7 heteroatoms. The Kier molecular flexibility index (Phi) is 6.03. The van der Waals surface area contributed by atoms with Crippen molar-refractivity contribution in [2.45, 2.75) is 58.9 Å². The van der Waals surface area contributed by atoms with Gasteiger partial charge in [-0.15, -0.1) is 0 Å². The van der Waals surface area contributed by atoms with E-state index in [0.717, 1.165) is 24.2 Å². The lowest BCUT2D eigenvalue weighted by Crippen LogP contribution is -2.43. The predicted octanol–water partition coefficient (Wildman–Crippen LogP) is 4.41. The van der Waals surface area contributed by atoms with Crippen LogP contribution in [0.2, 0.25) is 5.02 Å². The lowest BCUT2D eigenvalue weighted by Gasteiger charge is -2.26. The molecule has 1 heterocycles. The van der Waals surface area contributed by atoms with Crippen LogP contribution in [0.1, 0.15) is 53.2 Å². The largest absolute Gasteiger partial charge is 0.331 e. The molecule has 0 atom stereocenters. The molecule has 1 saturated carbocycles. The summed E-state index contributed by atoms with van der Waals surface area (Å²) in [5, 5.41) is 8.28. The Bertz CT molecular complexity index is 893. The van der Waals surface area contributed by atoms with E-state index in [1.807, 2.05) is 32.0 Å². The van der Waals surface area contributed by atoms with Crippen LogP contribution in [0.25, 0.3) is 5.69 Å². The average molecular weight is 417 g/mol. The summed E-state index contributed by atoms with van der Waals surface area (Å²) in [6, 6.07) is 9.14. The van der Waals surface area contributed by atoms with Crippen LogP contribution in [0.5, 0.6) is 0 Å². The first-order valence-electron chi connectivity index (χ1n) is 10.0. The molecule has 1 fully saturated rings. The highest BCUT2D eigenvalue weighted by atomic mass is 35.5. The second-order valence-corrected chi connectivity index (χ2v) is 9.37. The number of carbonyl (C=O) groups excluding carboxylic acids is 2. The highest BCUT2D eigenvalue weighted by Gasteiger charge is 2.35. The summed E-state index contributed by atoms with van der Waals surface area (Å²) in [7, 11) is 0. The van der Waals surface area contributed by atoms with Gasteiger partial charge in [-0.3, -0.25) is 9.59 Å². The molecule has 0 spiro atoms. The Morgan fingerprint density at radius 1 is 1.24 bits per heavy atom. The van der Waals surface area contributed by atoms with Crippen LogP contribution in [-0.4, -0.2) is 39.1 Å². The lowest BCUT2D eigenvalue weighted by molar-refractivity contribution is -0.137. The van der Waals surface area contributed by atoms with E-state index in [4.69, 9.17) is 16.7 Å². The first kappa shape index (κ1) is 21.4. The maximum Gasteiger partial charge on any atom is 0.245 e. The fourth-order valence-electron chi connectivity index (χ4n) is 3.03. The first-order valence-corrected chi connectivity index (χ1v) is 10.4. The average Bonchev–Trinajstić information content (AvgIpc) is 3.39. The molecule has 156 valence electrons. The van der Waals surface area contributed by atoms with Crippen LogP contribution in [0.4, 0.5) is 5.82 Å². The third-order valence-corrected chi connectivity index (χ3v) is 5.22. The zero-order valence-corrected chi connectivity index (χ0v) is 18.5. The van der Waals surface area contributed by atoms with Gasteiger partial charge in [0.15, 0.2) is 0 Å². The number of halogens is 1. The van der Waals surface area contributed by atoms with Crippen molar-refractivity contribution in [1.82, 2.24) is 14.7 Å². The molecule has 6 nitrogen and oxygen atoms in total. The number of amides is 2. The molecule has 1 aromatic carbocycles. The van der Waals surface area contributed by atoms with Gasteiger partial charge in [-0.2, -0.15) is 5.10 Å². The van der Waals surface area contributed by atoms with Crippen LogP contribution < -0.4 is 5.32 Å². The standard InChI is InChI=1S/C22H29ClN4O2/c1-14(2)26(21(29)15-6-7-15)13-20(28)24-19-12-18(22(3,4)5)25-27(19)17-10-8-16(23)9-11-17/h8-12,14-15H,6-7,13H2,1-5H3,(H,24,28). The number of carbonyl (C=O) groups is 2. The fraction of sp³-hybridized carbons (Fsp3) is 0.500. The van der Waals surface area contributed by atoms with Crippen LogP contribution in [0.15, 0.2) is 30.3 Å². The number of benzene rings is 1. The minimum Gasteiger partial charge on any atom is -0.331 e. The van der Waals surface area contributed by atoms with Crippen LogP contribution in [0, 0.1) is 5.92 Å². The zero-order chi connectivity index (χ0) is 21.3. The molecular weight excluding hydrogens is 388 g/mol. The van der Waals surface area contributed by atoms with Crippen molar-refractivity contribution >= 4 is 29.2 Å². The molecule has 0 aliphatic heterocycles. The molecular formula is C22H29ClN4O2. The molecule has 2 aromatic rings. The number of nitrogens with zero attached hydrogens (tertiary/aromatic N) is 3. The summed E-state index contributed by atoms with van der Waals surface area (Å²) in [6.07, 6.45) is 1.84. The van der Waals surface area contributed by atoms with E-state index in [-0.39, 0.29) is 35.7 Å². The van der Waals surface area contributed by atoms with Gasteiger partial charge < -0.3 is 10.2 Å². The van der Waals surface area contributed by atoms with Gasteiger partial charge in [0.05, 0.1) is 11.4 Å². The predicted molar refractivity (Wildman–Crippen MR) is 115 cm³/mol. The third-order valence-electron chi connectivity index (χ3n) is 4.96. The number of hydrogen-bond donors (Lipinski definition) is 1. The van der Waals surface area contributed by atoms with Crippen LogP contribution >= 0.6 is 11.6 Å². The molecule has 1 aliphatic rings. The van der Waals surface area contributed by atoms with Crippen molar-refractivity contribution in [3.63, 3.8) is 0 Å². The van der Waals surface area contributed by atoms with Gasteiger partial charge in [0.25, 0.3) is 0 Å². The van der Waals surface area contributed by atoms with Crippen molar-refractivity contribution in [3.05, 3.63) is 41.0 Å². The molecule has 0 unspecified atom stereocenters. The Balaban J connectivity index is 1.84. The zero-order valence-electron chi connectivity index (χ0n) is 17.7.